The number of carbonyl (C=O) groups excluding carboxylic acids is 4. The Kier molecular flexibility index (Phi) is 8.14. The number of piperidine rings is 2. The third kappa shape index (κ3) is 5.41. The fourth-order valence-corrected chi connectivity index (χ4v) is 8.21. The maximum atomic E-state index is 14.5. The Morgan fingerprint density at radius 2 is 1.85 bits per heavy atom. The summed E-state index contributed by atoms with van der Waals surface area (Å²) < 4.78 is 6.64. The SMILES string of the molecule is C#Cc1ccc(OC2CCN(C(=O)N3CCNC3=O)CC2)c([C@H]2NC(=O)C[C@@H](C3C=CC=C(Cl)C3)[C@]23C(=O)Nc2cc(Cl)ccc23)c1. The molecule has 2 aromatic rings. The second kappa shape index (κ2) is 12.3. The van der Waals surface area contributed by atoms with Crippen LogP contribution in [0.15, 0.2) is 59.7 Å². The van der Waals surface area contributed by atoms with E-state index in [9.17, 15) is 19.2 Å². The molecule has 5 aliphatic rings. The number of nitrogens with zero attached hydrogens (tertiary/aromatic N) is 2. The zero-order chi connectivity index (χ0) is 32.9. The van der Waals surface area contributed by atoms with Gasteiger partial charge < -0.3 is 25.6 Å². The number of rotatable bonds is 4. The van der Waals surface area contributed by atoms with Crippen LogP contribution in [0.4, 0.5) is 15.3 Å². The molecule has 4 atom stereocenters. The molecule has 4 aliphatic heterocycles. The van der Waals surface area contributed by atoms with Gasteiger partial charge in [-0.25, -0.2) is 14.5 Å². The van der Waals surface area contributed by atoms with E-state index in [2.05, 4.69) is 21.9 Å². The molecule has 6 amide bonds. The van der Waals surface area contributed by atoms with E-state index in [1.54, 1.807) is 35.2 Å². The molecule has 47 heavy (non-hydrogen) atoms. The lowest BCUT2D eigenvalue weighted by Gasteiger charge is -2.49. The van der Waals surface area contributed by atoms with E-state index in [-0.39, 0.29) is 42.3 Å². The van der Waals surface area contributed by atoms with Gasteiger partial charge in [-0.2, -0.15) is 0 Å². The smallest absolute Gasteiger partial charge is 0.328 e. The van der Waals surface area contributed by atoms with Crippen molar-refractivity contribution in [3.05, 3.63) is 81.4 Å². The quantitative estimate of drug-likeness (QED) is 0.391. The predicted molar refractivity (Wildman–Crippen MR) is 177 cm³/mol. The van der Waals surface area contributed by atoms with Crippen LogP contribution in [0.3, 0.4) is 0 Å². The minimum atomic E-state index is -1.24. The second-order valence-corrected chi connectivity index (χ2v) is 13.5. The number of fused-ring (bicyclic) bond motifs is 2. The van der Waals surface area contributed by atoms with Gasteiger partial charge in [-0.1, -0.05) is 47.3 Å². The van der Waals surface area contributed by atoms with Crippen LogP contribution in [-0.4, -0.2) is 66.0 Å². The first-order chi connectivity index (χ1) is 22.7. The van der Waals surface area contributed by atoms with Crippen molar-refractivity contribution >= 4 is 52.8 Å². The predicted octanol–water partition coefficient (Wildman–Crippen LogP) is 5.08. The number of ether oxygens (including phenoxy) is 1. The highest BCUT2D eigenvalue weighted by atomic mass is 35.5. The van der Waals surface area contributed by atoms with Crippen molar-refractivity contribution in [2.75, 3.05) is 31.5 Å². The van der Waals surface area contributed by atoms with Gasteiger partial charge in [0.15, 0.2) is 0 Å². The number of urea groups is 2. The van der Waals surface area contributed by atoms with E-state index in [1.165, 1.54) is 4.90 Å². The van der Waals surface area contributed by atoms with Crippen LogP contribution in [0.1, 0.15) is 48.4 Å². The molecule has 0 saturated carbocycles. The highest BCUT2D eigenvalue weighted by Gasteiger charge is 2.62. The number of hydrogen-bond acceptors (Lipinski definition) is 5. The lowest BCUT2D eigenvalue weighted by atomic mass is 9.57. The van der Waals surface area contributed by atoms with E-state index in [4.69, 9.17) is 34.4 Å². The van der Waals surface area contributed by atoms with Crippen LogP contribution in [0.2, 0.25) is 5.02 Å². The summed E-state index contributed by atoms with van der Waals surface area (Å²) in [5.41, 5.74) is 1.24. The third-order valence-corrected chi connectivity index (χ3v) is 10.5. The van der Waals surface area contributed by atoms with Gasteiger partial charge in [0.25, 0.3) is 0 Å². The van der Waals surface area contributed by atoms with Crippen molar-refractivity contribution in [2.24, 2.45) is 11.8 Å². The maximum Gasteiger partial charge on any atom is 0.328 e. The lowest BCUT2D eigenvalue weighted by Crippen LogP contribution is -2.59. The summed E-state index contributed by atoms with van der Waals surface area (Å²) in [7, 11) is 0. The Labute approximate surface area is 282 Å². The van der Waals surface area contributed by atoms with Gasteiger partial charge in [-0.05, 0) is 60.2 Å². The van der Waals surface area contributed by atoms with Crippen molar-refractivity contribution in [2.45, 2.75) is 43.2 Å². The van der Waals surface area contributed by atoms with Crippen LogP contribution in [0.5, 0.6) is 5.75 Å². The number of likely N-dealkylation sites (tertiary alicyclic amines) is 1. The molecule has 3 N–H and O–H groups in total. The van der Waals surface area contributed by atoms with E-state index in [0.29, 0.717) is 78.1 Å². The number of amides is 6. The number of imide groups is 1. The Morgan fingerprint density at radius 1 is 1.04 bits per heavy atom. The first-order valence-electron chi connectivity index (χ1n) is 15.7. The molecule has 0 bridgehead atoms. The van der Waals surface area contributed by atoms with Gasteiger partial charge in [0.1, 0.15) is 17.3 Å². The molecule has 1 aliphatic carbocycles. The number of benzene rings is 2. The topological polar surface area (TPSA) is 120 Å². The molecule has 1 spiro atoms. The van der Waals surface area contributed by atoms with E-state index >= 15 is 0 Å². The van der Waals surface area contributed by atoms with Crippen molar-refractivity contribution < 1.29 is 23.9 Å². The highest BCUT2D eigenvalue weighted by Crippen LogP contribution is 2.58. The van der Waals surface area contributed by atoms with Gasteiger partial charge in [0.05, 0.1) is 6.04 Å². The van der Waals surface area contributed by atoms with Crippen LogP contribution < -0.4 is 20.7 Å². The molecule has 4 heterocycles. The molecule has 3 saturated heterocycles. The van der Waals surface area contributed by atoms with Crippen molar-refractivity contribution in [1.82, 2.24) is 20.4 Å². The second-order valence-electron chi connectivity index (χ2n) is 12.6. The number of allylic oxidation sites excluding steroid dienone is 4. The summed E-state index contributed by atoms with van der Waals surface area (Å²) in [4.78, 5) is 56.0. The van der Waals surface area contributed by atoms with Crippen LogP contribution in [0, 0.1) is 24.2 Å². The Bertz CT molecular complexity index is 1780. The number of anilines is 1. The molecule has 7 rings (SSSR count). The molecule has 242 valence electrons. The molecule has 10 nitrogen and oxygen atoms in total. The van der Waals surface area contributed by atoms with Gasteiger partial charge >= 0.3 is 12.1 Å². The fourth-order valence-electron chi connectivity index (χ4n) is 7.78. The zero-order valence-corrected chi connectivity index (χ0v) is 26.9. The fraction of sp³-hybridized carbons (Fsp3) is 0.371. The lowest BCUT2D eigenvalue weighted by molar-refractivity contribution is -0.135. The average molecular weight is 675 g/mol. The summed E-state index contributed by atoms with van der Waals surface area (Å²) in [5.74, 6) is 2.07. The Balaban J connectivity index is 1.26. The third-order valence-electron chi connectivity index (χ3n) is 9.97. The molecule has 0 aromatic heterocycles. The molecular formula is C35H33Cl2N5O5. The summed E-state index contributed by atoms with van der Waals surface area (Å²) in [6.45, 7) is 1.61. The summed E-state index contributed by atoms with van der Waals surface area (Å²) in [5, 5.41) is 10.0. The number of terminal acetylenes is 1. The average Bonchev–Trinajstić information content (AvgIpc) is 3.62. The summed E-state index contributed by atoms with van der Waals surface area (Å²) >= 11 is 12.9. The molecule has 3 fully saturated rings. The van der Waals surface area contributed by atoms with Gasteiger partial charge in [0, 0.05) is 72.3 Å². The standard InChI is InChI=1S/C35H33Cl2N5O5/c1-2-20-6-9-29(47-24-10-13-41(14-11-24)34(46)42-15-12-38-33(42)45)25(16-20)31-35(26-8-7-23(37)18-28(26)39-32(35)44)27(19-30(43)40-31)21-4-3-5-22(36)17-21/h1,3-9,16,18,21,24,27,31H,10-15,17,19H2,(H,38,45)(H,39,44)(H,40,43)/t21?,27-,31+,35-/m0/s1. The van der Waals surface area contributed by atoms with E-state index in [1.807, 2.05) is 24.3 Å². The normalized spacial score (nSPS) is 27.1. The molecule has 1 unspecified atom stereocenters. The monoisotopic (exact) mass is 673 g/mol. The first-order valence-corrected chi connectivity index (χ1v) is 16.5. The van der Waals surface area contributed by atoms with E-state index < -0.39 is 17.4 Å². The van der Waals surface area contributed by atoms with Gasteiger partial charge in [-0.15, -0.1) is 6.42 Å². The van der Waals surface area contributed by atoms with E-state index in [0.717, 1.165) is 5.56 Å². The number of hydrogen-bond donors (Lipinski definition) is 3. The van der Waals surface area contributed by atoms with Gasteiger partial charge in [0.2, 0.25) is 11.8 Å². The molecule has 2 aromatic carbocycles. The first kappa shape index (κ1) is 31.2. The zero-order valence-electron chi connectivity index (χ0n) is 25.4. The molecule has 0 radical (unpaired) electrons. The summed E-state index contributed by atoms with van der Waals surface area (Å²) in [6.07, 6.45) is 13.0. The molecular weight excluding hydrogens is 641 g/mol. The van der Waals surface area contributed by atoms with Crippen molar-refractivity contribution in [1.29, 1.82) is 0 Å². The number of carbonyl (C=O) groups is 4. The molecule has 12 heteroatoms. The van der Waals surface area contributed by atoms with Crippen molar-refractivity contribution in [3.63, 3.8) is 0 Å². The maximum absolute atomic E-state index is 14.5. The Hall–Kier alpha value is -4.46. The van der Waals surface area contributed by atoms with Gasteiger partial charge in [-0.3, -0.25) is 9.59 Å². The van der Waals surface area contributed by atoms with Crippen LogP contribution in [-0.2, 0) is 15.0 Å². The van der Waals surface area contributed by atoms with Crippen LogP contribution in [0.25, 0.3) is 0 Å². The van der Waals surface area contributed by atoms with Crippen molar-refractivity contribution in [3.8, 4) is 18.1 Å². The largest absolute Gasteiger partial charge is 0.490 e. The highest BCUT2D eigenvalue weighted by molar-refractivity contribution is 6.31. The van der Waals surface area contributed by atoms with Crippen LogP contribution >= 0.6 is 23.2 Å². The minimum Gasteiger partial charge on any atom is -0.490 e. The minimum absolute atomic E-state index is 0.109. The Morgan fingerprint density at radius 3 is 2.57 bits per heavy atom. The summed E-state index contributed by atoms with van der Waals surface area (Å²) in [6, 6.07) is 9.18. The number of halogens is 2. The number of nitrogens with one attached hydrogen (secondary N) is 3.